The molecule has 1 amide bonds. The van der Waals surface area contributed by atoms with Crippen LogP contribution in [0.5, 0.6) is 5.75 Å². The van der Waals surface area contributed by atoms with Gasteiger partial charge in [0.05, 0.1) is 12.1 Å². The number of halogens is 2. The molecule has 2 heterocycles. The molecule has 0 aliphatic rings. The molecule has 0 radical (unpaired) electrons. The number of aromatic nitrogens is 3. The van der Waals surface area contributed by atoms with Crippen LogP contribution in [0.1, 0.15) is 38.5 Å². The van der Waals surface area contributed by atoms with E-state index in [1.54, 1.807) is 29.9 Å². The van der Waals surface area contributed by atoms with Gasteiger partial charge >= 0.3 is 0 Å². The molecule has 4 rings (SSSR count). The molecule has 2 aromatic heterocycles. The van der Waals surface area contributed by atoms with E-state index >= 15 is 0 Å². The number of nitrogens with zero attached hydrogens (tertiary/aromatic N) is 3. The molecule has 170 valence electrons. The fourth-order valence-corrected chi connectivity index (χ4v) is 3.62. The molecule has 0 aliphatic carbocycles. The lowest BCUT2D eigenvalue weighted by atomic mass is 10.1. The molecule has 1 N–H and O–H groups in total. The van der Waals surface area contributed by atoms with Gasteiger partial charge in [0.2, 0.25) is 0 Å². The first-order valence-corrected chi connectivity index (χ1v) is 10.6. The van der Waals surface area contributed by atoms with Gasteiger partial charge in [0.1, 0.15) is 29.0 Å². The van der Waals surface area contributed by atoms with Crippen molar-refractivity contribution in [2.75, 3.05) is 5.32 Å². The number of nitrogens with one attached hydrogen (secondary N) is 1. The zero-order valence-corrected chi connectivity index (χ0v) is 19.1. The SMILES string of the molecule is Cc1cc(C)cc(OCc2c(C(=O)Nc3nn(Cc4ccc(F)cc4)cc3Cl)noc2C)c1. The molecule has 0 saturated heterocycles. The topological polar surface area (TPSA) is 82.2 Å². The van der Waals surface area contributed by atoms with E-state index < -0.39 is 5.91 Å². The number of carbonyl (C=O) groups is 1. The highest BCUT2D eigenvalue weighted by atomic mass is 35.5. The molecule has 7 nitrogen and oxygen atoms in total. The third-order valence-corrected chi connectivity index (χ3v) is 5.26. The first-order chi connectivity index (χ1) is 15.8. The second kappa shape index (κ2) is 9.46. The number of ether oxygens (including phenoxy) is 1. The van der Waals surface area contributed by atoms with Crippen molar-refractivity contribution in [2.24, 2.45) is 0 Å². The highest BCUT2D eigenvalue weighted by Gasteiger charge is 2.22. The summed E-state index contributed by atoms with van der Waals surface area (Å²) < 4.78 is 25.8. The van der Waals surface area contributed by atoms with Crippen LogP contribution in [0.25, 0.3) is 0 Å². The average Bonchev–Trinajstić information content (AvgIpc) is 3.29. The molecule has 4 aromatic rings. The van der Waals surface area contributed by atoms with Crippen LogP contribution in [0.4, 0.5) is 10.2 Å². The Morgan fingerprint density at radius 3 is 2.55 bits per heavy atom. The highest BCUT2D eigenvalue weighted by Crippen LogP contribution is 2.24. The van der Waals surface area contributed by atoms with Crippen LogP contribution in [0.15, 0.2) is 53.2 Å². The van der Waals surface area contributed by atoms with Gasteiger partial charge in [-0.15, -0.1) is 0 Å². The number of aryl methyl sites for hydroxylation is 3. The Balaban J connectivity index is 1.47. The Hall–Kier alpha value is -3.65. The van der Waals surface area contributed by atoms with Gasteiger partial charge in [-0.2, -0.15) is 5.10 Å². The predicted molar refractivity (Wildman–Crippen MR) is 122 cm³/mol. The fourth-order valence-electron chi connectivity index (χ4n) is 3.42. The molecular formula is C24H22ClFN4O3. The first kappa shape index (κ1) is 22.5. The van der Waals surface area contributed by atoms with E-state index in [1.807, 2.05) is 26.0 Å². The molecule has 9 heteroatoms. The van der Waals surface area contributed by atoms with E-state index in [9.17, 15) is 9.18 Å². The third-order valence-electron chi connectivity index (χ3n) is 4.98. The number of carbonyl (C=O) groups excluding carboxylic acids is 1. The third kappa shape index (κ3) is 5.40. The number of anilines is 1. The normalized spacial score (nSPS) is 10.9. The maximum absolute atomic E-state index is 13.1. The molecule has 0 fully saturated rings. The highest BCUT2D eigenvalue weighted by molar-refractivity contribution is 6.33. The summed E-state index contributed by atoms with van der Waals surface area (Å²) in [7, 11) is 0. The minimum Gasteiger partial charge on any atom is -0.489 e. The lowest BCUT2D eigenvalue weighted by molar-refractivity contribution is 0.101. The molecule has 0 aliphatic heterocycles. The summed E-state index contributed by atoms with van der Waals surface area (Å²) in [5.74, 6) is 0.537. The average molecular weight is 469 g/mol. The number of hydrogen-bond donors (Lipinski definition) is 1. The van der Waals surface area contributed by atoms with Gasteiger partial charge < -0.3 is 14.6 Å². The second-order valence-corrected chi connectivity index (χ2v) is 8.19. The number of hydrogen-bond acceptors (Lipinski definition) is 5. The maximum atomic E-state index is 13.1. The molecule has 0 saturated carbocycles. The molecule has 0 unspecified atom stereocenters. The van der Waals surface area contributed by atoms with Crippen LogP contribution in [-0.2, 0) is 13.2 Å². The van der Waals surface area contributed by atoms with Crippen LogP contribution >= 0.6 is 11.6 Å². The van der Waals surface area contributed by atoms with Gasteiger partial charge in [0, 0.05) is 6.20 Å². The van der Waals surface area contributed by atoms with E-state index in [0.717, 1.165) is 16.7 Å². The summed E-state index contributed by atoms with van der Waals surface area (Å²) in [5, 5.41) is 11.1. The van der Waals surface area contributed by atoms with Crippen LogP contribution in [0.2, 0.25) is 5.02 Å². The van der Waals surface area contributed by atoms with Gasteiger partial charge in [-0.25, -0.2) is 4.39 Å². The van der Waals surface area contributed by atoms with Crippen LogP contribution < -0.4 is 10.1 Å². The van der Waals surface area contributed by atoms with Crippen molar-refractivity contribution in [3.8, 4) is 5.75 Å². The minimum absolute atomic E-state index is 0.0982. The second-order valence-electron chi connectivity index (χ2n) is 7.78. The van der Waals surface area contributed by atoms with Gasteiger partial charge in [0.25, 0.3) is 5.91 Å². The molecule has 2 aromatic carbocycles. The number of benzene rings is 2. The predicted octanol–water partition coefficient (Wildman–Crippen LogP) is 5.47. The van der Waals surface area contributed by atoms with Crippen molar-refractivity contribution in [1.82, 2.24) is 14.9 Å². The first-order valence-electron chi connectivity index (χ1n) is 10.2. The summed E-state index contributed by atoms with van der Waals surface area (Å²) in [6.07, 6.45) is 1.58. The smallest absolute Gasteiger partial charge is 0.279 e. The van der Waals surface area contributed by atoms with Gasteiger partial charge in [-0.05, 0) is 61.7 Å². The van der Waals surface area contributed by atoms with Crippen molar-refractivity contribution in [3.63, 3.8) is 0 Å². The Morgan fingerprint density at radius 1 is 1.15 bits per heavy atom. The Labute approximate surface area is 195 Å². The lowest BCUT2D eigenvalue weighted by Crippen LogP contribution is -2.16. The van der Waals surface area contributed by atoms with Gasteiger partial charge in [-0.1, -0.05) is 35.0 Å². The molecule has 33 heavy (non-hydrogen) atoms. The summed E-state index contributed by atoms with van der Waals surface area (Å²) in [4.78, 5) is 12.9. The Morgan fingerprint density at radius 2 is 1.85 bits per heavy atom. The van der Waals surface area contributed by atoms with Crippen molar-refractivity contribution in [2.45, 2.75) is 33.9 Å². The minimum atomic E-state index is -0.514. The van der Waals surface area contributed by atoms with Crippen LogP contribution in [0.3, 0.4) is 0 Å². The monoisotopic (exact) mass is 468 g/mol. The van der Waals surface area contributed by atoms with E-state index in [0.29, 0.717) is 23.6 Å². The Kier molecular flexibility index (Phi) is 6.46. The van der Waals surface area contributed by atoms with Crippen molar-refractivity contribution in [1.29, 1.82) is 0 Å². The van der Waals surface area contributed by atoms with E-state index in [4.69, 9.17) is 20.9 Å². The number of amides is 1. The van der Waals surface area contributed by atoms with Crippen LogP contribution in [0, 0.1) is 26.6 Å². The van der Waals surface area contributed by atoms with E-state index in [2.05, 4.69) is 21.6 Å². The molecular weight excluding hydrogens is 447 g/mol. The zero-order chi connectivity index (χ0) is 23.5. The standard InChI is InChI=1S/C24H22ClFN4O3/c1-14-8-15(2)10-19(9-14)32-13-20-16(3)33-29-22(20)24(31)27-23-21(25)12-30(28-23)11-17-4-6-18(26)7-5-17/h4-10,12H,11,13H2,1-3H3,(H,27,28,31). The number of rotatable bonds is 7. The zero-order valence-electron chi connectivity index (χ0n) is 18.4. The van der Waals surface area contributed by atoms with Gasteiger partial charge in [0.15, 0.2) is 11.5 Å². The Bertz CT molecular complexity index is 1280. The van der Waals surface area contributed by atoms with E-state index in [1.165, 1.54) is 12.1 Å². The van der Waals surface area contributed by atoms with Crippen LogP contribution in [-0.4, -0.2) is 20.8 Å². The quantitative estimate of drug-likeness (QED) is 0.389. The molecule has 0 bridgehead atoms. The van der Waals surface area contributed by atoms with Crippen molar-refractivity contribution < 1.29 is 18.4 Å². The maximum Gasteiger partial charge on any atom is 0.279 e. The summed E-state index contributed by atoms with van der Waals surface area (Å²) in [6, 6.07) is 11.9. The largest absolute Gasteiger partial charge is 0.489 e. The van der Waals surface area contributed by atoms with Gasteiger partial charge in [-0.3, -0.25) is 9.48 Å². The summed E-state index contributed by atoms with van der Waals surface area (Å²) in [5.41, 5.74) is 3.63. The lowest BCUT2D eigenvalue weighted by Gasteiger charge is -2.08. The summed E-state index contributed by atoms with van der Waals surface area (Å²) >= 11 is 6.26. The van der Waals surface area contributed by atoms with Crippen molar-refractivity contribution in [3.05, 3.63) is 93.2 Å². The summed E-state index contributed by atoms with van der Waals surface area (Å²) in [6.45, 7) is 6.18. The van der Waals surface area contributed by atoms with E-state index in [-0.39, 0.29) is 29.0 Å². The van der Waals surface area contributed by atoms with Crippen molar-refractivity contribution >= 4 is 23.3 Å². The fraction of sp³-hybridized carbons (Fsp3) is 0.208. The molecule has 0 spiro atoms. The molecule has 0 atom stereocenters.